The van der Waals surface area contributed by atoms with Crippen LogP contribution in [0.1, 0.15) is 43.8 Å². The van der Waals surface area contributed by atoms with E-state index in [9.17, 15) is 19.5 Å². The molecule has 0 heterocycles. The predicted molar refractivity (Wildman–Crippen MR) is 161 cm³/mol. The number of guanidine groups is 1. The third kappa shape index (κ3) is 8.42. The van der Waals surface area contributed by atoms with Crippen LogP contribution in [0.4, 0.5) is 5.69 Å². The number of aromatic carboxylic acids is 1. The van der Waals surface area contributed by atoms with E-state index in [4.69, 9.17) is 27.8 Å². The van der Waals surface area contributed by atoms with Crippen LogP contribution < -0.4 is 16.2 Å². The number of benzene rings is 4. The molecule has 10 heteroatoms. The Morgan fingerprint density at radius 1 is 0.810 bits per heavy atom. The number of halogens is 1. The Bertz CT molecular complexity index is 1600. The van der Waals surface area contributed by atoms with Gasteiger partial charge in [-0.3, -0.25) is 4.79 Å². The molecule has 0 aliphatic rings. The normalized spacial score (nSPS) is 10.5. The van der Waals surface area contributed by atoms with Gasteiger partial charge in [0.2, 0.25) is 5.91 Å². The molecule has 0 aliphatic carbocycles. The number of aryl methyl sites for hydroxylation is 1. The lowest BCUT2D eigenvalue weighted by molar-refractivity contribution is -0.132. The fraction of sp³-hybridized carbons (Fsp3) is 0.125. The second-order valence-electron chi connectivity index (χ2n) is 9.47. The van der Waals surface area contributed by atoms with Crippen molar-refractivity contribution in [2.75, 3.05) is 0 Å². The maximum atomic E-state index is 13.4. The van der Waals surface area contributed by atoms with Gasteiger partial charge >= 0.3 is 11.9 Å². The summed E-state index contributed by atoms with van der Waals surface area (Å²) in [5.41, 5.74) is 14.1. The second kappa shape index (κ2) is 14.0. The van der Waals surface area contributed by atoms with E-state index in [-0.39, 0.29) is 36.1 Å². The van der Waals surface area contributed by atoms with Crippen LogP contribution in [0, 0.1) is 0 Å². The van der Waals surface area contributed by atoms with Crippen LogP contribution in [0.15, 0.2) is 102 Å². The summed E-state index contributed by atoms with van der Waals surface area (Å²) in [6, 6.07) is 27.3. The number of carbonyl (C=O) groups is 3. The minimum atomic E-state index is -1.03. The number of nitrogens with zero attached hydrogens (tertiary/aromatic N) is 2. The fourth-order valence-corrected chi connectivity index (χ4v) is 4.51. The summed E-state index contributed by atoms with van der Waals surface area (Å²) in [7, 11) is 0. The Morgan fingerprint density at radius 2 is 1.50 bits per heavy atom. The number of hydrogen-bond acceptors (Lipinski definition) is 5. The van der Waals surface area contributed by atoms with Crippen molar-refractivity contribution in [2.45, 2.75) is 25.9 Å². The molecule has 4 aromatic carbocycles. The molecule has 9 nitrogen and oxygen atoms in total. The molecule has 0 unspecified atom stereocenters. The molecule has 0 saturated carbocycles. The van der Waals surface area contributed by atoms with Crippen molar-refractivity contribution in [2.24, 2.45) is 16.5 Å². The Labute approximate surface area is 248 Å². The summed E-state index contributed by atoms with van der Waals surface area (Å²) >= 11 is 6.49. The molecule has 4 rings (SSSR count). The molecule has 0 saturated heterocycles. The molecule has 0 atom stereocenters. The van der Waals surface area contributed by atoms with Crippen molar-refractivity contribution in [3.05, 3.63) is 130 Å². The zero-order valence-corrected chi connectivity index (χ0v) is 23.3. The largest absolute Gasteiger partial charge is 0.478 e. The smallest absolute Gasteiger partial charge is 0.343 e. The Hall–Kier alpha value is -5.15. The Balaban J connectivity index is 1.41. The maximum Gasteiger partial charge on any atom is 0.343 e. The van der Waals surface area contributed by atoms with Crippen molar-refractivity contribution >= 4 is 41.1 Å². The number of esters is 1. The van der Waals surface area contributed by atoms with Crippen molar-refractivity contribution in [3.8, 4) is 5.75 Å². The third-order valence-corrected chi connectivity index (χ3v) is 6.67. The first-order chi connectivity index (χ1) is 20.2. The third-order valence-electron chi connectivity index (χ3n) is 6.32. The van der Waals surface area contributed by atoms with Crippen molar-refractivity contribution in [1.82, 2.24) is 4.90 Å². The van der Waals surface area contributed by atoms with E-state index in [1.807, 2.05) is 30.3 Å². The highest BCUT2D eigenvalue weighted by Crippen LogP contribution is 2.25. The number of carbonyl (C=O) groups excluding carboxylic acids is 2. The van der Waals surface area contributed by atoms with Gasteiger partial charge in [0.15, 0.2) is 5.96 Å². The highest BCUT2D eigenvalue weighted by atomic mass is 35.5. The van der Waals surface area contributed by atoms with E-state index in [0.29, 0.717) is 34.8 Å². The summed E-state index contributed by atoms with van der Waals surface area (Å²) in [5, 5.41) is 9.71. The van der Waals surface area contributed by atoms with E-state index < -0.39 is 11.9 Å². The number of carboxylic acids is 1. The maximum absolute atomic E-state index is 13.4. The van der Waals surface area contributed by atoms with Gasteiger partial charge in [-0.1, -0.05) is 60.1 Å². The zero-order valence-electron chi connectivity index (χ0n) is 22.6. The first-order valence-electron chi connectivity index (χ1n) is 13.0. The molecule has 0 aromatic heterocycles. The van der Waals surface area contributed by atoms with Crippen LogP contribution in [0.5, 0.6) is 5.75 Å². The summed E-state index contributed by atoms with van der Waals surface area (Å²) in [4.78, 5) is 43.0. The minimum Gasteiger partial charge on any atom is -0.478 e. The number of aliphatic imine (C=N–C) groups is 1. The van der Waals surface area contributed by atoms with Gasteiger partial charge in [-0.25, -0.2) is 14.6 Å². The summed E-state index contributed by atoms with van der Waals surface area (Å²) in [5.74, 6) is -1.54. The van der Waals surface area contributed by atoms with Crippen molar-refractivity contribution in [3.63, 3.8) is 0 Å². The molecule has 0 fully saturated rings. The van der Waals surface area contributed by atoms with E-state index in [0.717, 1.165) is 11.1 Å². The van der Waals surface area contributed by atoms with E-state index in [2.05, 4.69) is 4.99 Å². The van der Waals surface area contributed by atoms with Crippen LogP contribution >= 0.6 is 11.6 Å². The highest BCUT2D eigenvalue weighted by molar-refractivity contribution is 6.31. The zero-order chi connectivity index (χ0) is 30.1. The summed E-state index contributed by atoms with van der Waals surface area (Å²) in [6.45, 7) is 0.622. The molecule has 214 valence electrons. The van der Waals surface area contributed by atoms with Crippen LogP contribution in [-0.2, 0) is 24.3 Å². The van der Waals surface area contributed by atoms with Gasteiger partial charge in [-0.05, 0) is 71.6 Å². The number of amides is 1. The van der Waals surface area contributed by atoms with Gasteiger partial charge in [0, 0.05) is 24.5 Å². The van der Waals surface area contributed by atoms with Crippen LogP contribution in [0.3, 0.4) is 0 Å². The summed E-state index contributed by atoms with van der Waals surface area (Å²) in [6.07, 6.45) is 0.533. The monoisotopic (exact) mass is 584 g/mol. The summed E-state index contributed by atoms with van der Waals surface area (Å²) < 4.78 is 5.45. The van der Waals surface area contributed by atoms with Crippen LogP contribution in [0.2, 0.25) is 5.02 Å². The molecule has 0 radical (unpaired) electrons. The van der Waals surface area contributed by atoms with E-state index in [1.54, 1.807) is 59.5 Å². The quantitative estimate of drug-likeness (QED) is 0.0934. The molecule has 0 bridgehead atoms. The van der Waals surface area contributed by atoms with Gasteiger partial charge in [-0.2, -0.15) is 0 Å². The standard InChI is InChI=1S/C32H29ClN4O5/c33-28-18-27(42-31(41)24-9-13-26(14-10-24)36-32(34)35)15-11-23(28)12-16-29(38)37(19-21-5-2-1-3-6-21)20-22-7-4-8-25(17-22)30(39)40/h1-11,13-15,17-18H,12,16,19-20H2,(H,39,40)(H4,34,35,36). The van der Waals surface area contributed by atoms with Gasteiger partial charge < -0.3 is 26.2 Å². The minimum absolute atomic E-state index is 0.0869. The molecule has 4 aromatic rings. The SMILES string of the molecule is NC(N)=Nc1ccc(C(=O)Oc2ccc(CCC(=O)N(Cc3ccccc3)Cc3cccc(C(=O)O)c3)c(Cl)c2)cc1. The lowest BCUT2D eigenvalue weighted by Crippen LogP contribution is -2.30. The lowest BCUT2D eigenvalue weighted by atomic mass is 10.1. The average molecular weight is 585 g/mol. The molecule has 0 aliphatic heterocycles. The highest BCUT2D eigenvalue weighted by Gasteiger charge is 2.17. The first-order valence-corrected chi connectivity index (χ1v) is 13.4. The van der Waals surface area contributed by atoms with Crippen molar-refractivity contribution < 1.29 is 24.2 Å². The number of nitrogens with two attached hydrogens (primary N) is 2. The van der Waals surface area contributed by atoms with E-state index >= 15 is 0 Å². The topological polar surface area (TPSA) is 148 Å². The average Bonchev–Trinajstić information content (AvgIpc) is 2.97. The molecular formula is C32H29ClN4O5. The van der Waals surface area contributed by atoms with Crippen molar-refractivity contribution in [1.29, 1.82) is 0 Å². The molecule has 0 spiro atoms. The molecular weight excluding hydrogens is 556 g/mol. The van der Waals surface area contributed by atoms with E-state index in [1.165, 1.54) is 12.1 Å². The number of hydrogen-bond donors (Lipinski definition) is 3. The first kappa shape index (κ1) is 29.8. The van der Waals surface area contributed by atoms with Crippen LogP contribution in [-0.4, -0.2) is 33.8 Å². The number of ether oxygens (including phenoxy) is 1. The van der Waals surface area contributed by atoms with Gasteiger partial charge in [-0.15, -0.1) is 0 Å². The fourth-order valence-electron chi connectivity index (χ4n) is 4.24. The number of rotatable bonds is 11. The molecule has 42 heavy (non-hydrogen) atoms. The Morgan fingerprint density at radius 3 is 2.17 bits per heavy atom. The number of carboxylic acid groups (broad SMARTS) is 1. The Kier molecular flexibility index (Phi) is 9.91. The predicted octanol–water partition coefficient (Wildman–Crippen LogP) is 5.32. The molecule has 5 N–H and O–H groups in total. The lowest BCUT2D eigenvalue weighted by Gasteiger charge is -2.23. The second-order valence-corrected chi connectivity index (χ2v) is 9.87. The van der Waals surface area contributed by atoms with Crippen LogP contribution in [0.25, 0.3) is 0 Å². The van der Waals surface area contributed by atoms with Gasteiger partial charge in [0.05, 0.1) is 16.8 Å². The van der Waals surface area contributed by atoms with Gasteiger partial charge in [0.25, 0.3) is 0 Å². The molecule has 1 amide bonds. The van der Waals surface area contributed by atoms with Gasteiger partial charge in [0.1, 0.15) is 5.75 Å².